The second-order valence-electron chi connectivity index (χ2n) is 3.81. The molecule has 0 bridgehead atoms. The van der Waals surface area contributed by atoms with Crippen molar-refractivity contribution in [3.8, 4) is 0 Å². The Morgan fingerprint density at radius 3 is 2.56 bits per heavy atom. The zero-order valence-electron chi connectivity index (χ0n) is 11.0. The van der Waals surface area contributed by atoms with Gasteiger partial charge in [-0.15, -0.1) is 0 Å². The molecule has 0 aromatic heterocycles. The first-order valence-corrected chi connectivity index (χ1v) is 6.59. The maximum atomic E-state index is 12.0. The van der Waals surface area contributed by atoms with Crippen LogP contribution in [0, 0.1) is 0 Å². The zero-order valence-corrected chi connectivity index (χ0v) is 13.8. The van der Waals surface area contributed by atoms with Gasteiger partial charge in [-0.3, -0.25) is 9.00 Å². The van der Waals surface area contributed by atoms with E-state index in [0.717, 1.165) is 12.8 Å². The molecule has 0 aliphatic carbocycles. The van der Waals surface area contributed by atoms with Crippen molar-refractivity contribution in [2.24, 2.45) is 0 Å². The summed E-state index contributed by atoms with van der Waals surface area (Å²) in [7, 11) is 1.68. The van der Waals surface area contributed by atoms with Gasteiger partial charge in [0.05, 0.1) is 5.56 Å². The Balaban J connectivity index is 0.00000289. The van der Waals surface area contributed by atoms with Crippen LogP contribution in [0.2, 0.25) is 0 Å². The van der Waals surface area contributed by atoms with Gasteiger partial charge in [-0.1, -0.05) is 25.5 Å². The number of rotatable bonds is 5. The monoisotopic (exact) mass is 277 g/mol. The third-order valence-electron chi connectivity index (χ3n) is 2.49. The molecule has 4 nitrogen and oxygen atoms in total. The minimum atomic E-state index is -2.38. The molecule has 0 heterocycles. The second-order valence-corrected chi connectivity index (χ2v) is 4.72. The minimum Gasteiger partial charge on any atom is -0.768 e. The molecule has 0 radical (unpaired) electrons. The standard InChI is InChI=1S/C12H17NO3S.Na/c1-3-4-9-13(2)12(14)10-7-5-6-8-11(10)17(15)16;/h5-8H,3-4,9H2,1-2H3,(H,15,16);/q;+1/p-1. The molecule has 1 atom stereocenters. The zero-order chi connectivity index (χ0) is 12.8. The van der Waals surface area contributed by atoms with E-state index in [-0.39, 0.29) is 45.9 Å². The van der Waals surface area contributed by atoms with Gasteiger partial charge in [0.2, 0.25) is 0 Å². The van der Waals surface area contributed by atoms with E-state index in [1.807, 2.05) is 6.92 Å². The topological polar surface area (TPSA) is 60.4 Å². The summed E-state index contributed by atoms with van der Waals surface area (Å²) in [5.74, 6) is -0.252. The molecule has 1 aromatic rings. The van der Waals surface area contributed by atoms with Gasteiger partial charge in [-0.05, 0) is 29.6 Å². The van der Waals surface area contributed by atoms with Crippen molar-refractivity contribution in [3.05, 3.63) is 29.8 Å². The van der Waals surface area contributed by atoms with E-state index in [2.05, 4.69) is 0 Å². The molecule has 1 aromatic carbocycles. The Kier molecular flexibility index (Phi) is 8.73. The second kappa shape index (κ2) is 8.82. The number of benzene rings is 1. The third-order valence-corrected chi connectivity index (χ3v) is 3.21. The van der Waals surface area contributed by atoms with E-state index >= 15 is 0 Å². The van der Waals surface area contributed by atoms with E-state index in [1.165, 1.54) is 12.1 Å². The average Bonchev–Trinajstić information content (AvgIpc) is 2.34. The fourth-order valence-corrected chi connectivity index (χ4v) is 2.02. The van der Waals surface area contributed by atoms with Crippen molar-refractivity contribution in [2.45, 2.75) is 24.7 Å². The number of hydrogen-bond acceptors (Lipinski definition) is 3. The summed E-state index contributed by atoms with van der Waals surface area (Å²) in [6.45, 7) is 2.67. The van der Waals surface area contributed by atoms with E-state index < -0.39 is 11.1 Å². The van der Waals surface area contributed by atoms with E-state index in [0.29, 0.717) is 6.54 Å². The predicted octanol–water partition coefficient (Wildman–Crippen LogP) is -1.20. The Bertz CT molecular complexity index is 426. The summed E-state index contributed by atoms with van der Waals surface area (Å²) >= 11 is -2.38. The van der Waals surface area contributed by atoms with Crippen molar-refractivity contribution in [3.63, 3.8) is 0 Å². The van der Waals surface area contributed by atoms with Crippen LogP contribution >= 0.6 is 0 Å². The molecular weight excluding hydrogens is 261 g/mol. The summed E-state index contributed by atoms with van der Waals surface area (Å²) in [5.41, 5.74) is 0.236. The maximum Gasteiger partial charge on any atom is 1.00 e. The molecule has 0 spiro atoms. The first-order valence-electron chi connectivity index (χ1n) is 5.51. The summed E-state index contributed by atoms with van der Waals surface area (Å²) in [6.07, 6.45) is 1.90. The first-order chi connectivity index (χ1) is 8.07. The fraction of sp³-hybridized carbons (Fsp3) is 0.417. The number of nitrogens with zero attached hydrogens (tertiary/aromatic N) is 1. The summed E-state index contributed by atoms with van der Waals surface area (Å²) < 4.78 is 22.0. The Morgan fingerprint density at radius 2 is 2.00 bits per heavy atom. The quantitative estimate of drug-likeness (QED) is 0.502. The van der Waals surface area contributed by atoms with E-state index in [1.54, 1.807) is 24.1 Å². The molecule has 1 amide bonds. The van der Waals surface area contributed by atoms with Gasteiger partial charge in [-0.25, -0.2) is 0 Å². The molecule has 0 N–H and O–H groups in total. The van der Waals surface area contributed by atoms with Gasteiger partial charge in [0, 0.05) is 18.5 Å². The van der Waals surface area contributed by atoms with Crippen molar-refractivity contribution in [1.82, 2.24) is 4.90 Å². The van der Waals surface area contributed by atoms with Crippen LogP contribution in [0.4, 0.5) is 0 Å². The Hall–Kier alpha value is -0.200. The molecule has 0 saturated carbocycles. The van der Waals surface area contributed by atoms with Gasteiger partial charge in [0.25, 0.3) is 5.91 Å². The summed E-state index contributed by atoms with van der Waals surface area (Å²) in [4.78, 5) is 13.6. The maximum absolute atomic E-state index is 12.0. The SMILES string of the molecule is CCCCN(C)C(=O)c1ccccc1S(=O)[O-].[Na+]. The van der Waals surface area contributed by atoms with Gasteiger partial charge in [0.1, 0.15) is 0 Å². The molecule has 0 fully saturated rings. The molecule has 18 heavy (non-hydrogen) atoms. The van der Waals surface area contributed by atoms with E-state index in [4.69, 9.17) is 0 Å². The van der Waals surface area contributed by atoms with Crippen molar-refractivity contribution >= 4 is 17.0 Å². The summed E-state index contributed by atoms with van der Waals surface area (Å²) in [5, 5.41) is 0. The number of amides is 1. The van der Waals surface area contributed by atoms with Gasteiger partial charge in [-0.2, -0.15) is 0 Å². The van der Waals surface area contributed by atoms with E-state index in [9.17, 15) is 13.6 Å². The van der Waals surface area contributed by atoms with Crippen LogP contribution in [0.15, 0.2) is 29.2 Å². The van der Waals surface area contributed by atoms with Crippen LogP contribution in [0.3, 0.4) is 0 Å². The molecular formula is C12H16NNaO3S. The largest absolute Gasteiger partial charge is 1.00 e. The number of unbranched alkanes of at least 4 members (excludes halogenated alkanes) is 1. The van der Waals surface area contributed by atoms with Crippen molar-refractivity contribution < 1.29 is 43.1 Å². The van der Waals surface area contributed by atoms with Crippen LogP contribution in [-0.4, -0.2) is 33.2 Å². The molecule has 1 rings (SSSR count). The predicted molar refractivity (Wildman–Crippen MR) is 65.5 cm³/mol. The van der Waals surface area contributed by atoms with Crippen LogP contribution < -0.4 is 29.6 Å². The van der Waals surface area contributed by atoms with Crippen molar-refractivity contribution in [1.29, 1.82) is 0 Å². The Morgan fingerprint density at radius 1 is 1.39 bits per heavy atom. The number of carbonyl (C=O) groups is 1. The summed E-state index contributed by atoms with van der Waals surface area (Å²) in [6, 6.07) is 6.24. The Labute approximate surface area is 132 Å². The average molecular weight is 277 g/mol. The van der Waals surface area contributed by atoms with Crippen LogP contribution in [0.1, 0.15) is 30.1 Å². The van der Waals surface area contributed by atoms with Gasteiger partial charge < -0.3 is 9.45 Å². The molecule has 0 saturated heterocycles. The minimum absolute atomic E-state index is 0. The van der Waals surface area contributed by atoms with Gasteiger partial charge in [0.15, 0.2) is 0 Å². The molecule has 0 aliphatic rings. The van der Waals surface area contributed by atoms with Gasteiger partial charge >= 0.3 is 29.6 Å². The third kappa shape index (κ3) is 4.82. The normalized spacial score (nSPS) is 11.5. The van der Waals surface area contributed by atoms with Crippen LogP contribution in [0.25, 0.3) is 0 Å². The molecule has 6 heteroatoms. The molecule has 94 valence electrons. The molecule has 1 unspecified atom stereocenters. The smallest absolute Gasteiger partial charge is 0.768 e. The first kappa shape index (κ1) is 17.8. The van der Waals surface area contributed by atoms with Crippen molar-refractivity contribution in [2.75, 3.05) is 13.6 Å². The van der Waals surface area contributed by atoms with Crippen LogP contribution in [0.5, 0.6) is 0 Å². The number of carbonyl (C=O) groups excluding carboxylic acids is 1. The number of hydrogen-bond donors (Lipinski definition) is 0. The fourth-order valence-electron chi connectivity index (χ4n) is 1.49. The van der Waals surface area contributed by atoms with Crippen LogP contribution in [-0.2, 0) is 11.1 Å². The molecule has 0 aliphatic heterocycles.